The van der Waals surface area contributed by atoms with E-state index in [1.807, 2.05) is 0 Å². The van der Waals surface area contributed by atoms with Gasteiger partial charge >= 0.3 is 7.82 Å². The highest BCUT2D eigenvalue weighted by Gasteiger charge is 2.28. The Hall–Kier alpha value is -1.27. The Labute approximate surface area is 181 Å². The minimum Gasteiger partial charge on any atom is -0.350 e. The van der Waals surface area contributed by atoms with E-state index >= 15 is 0 Å². The van der Waals surface area contributed by atoms with Crippen LogP contribution in [0.3, 0.4) is 0 Å². The van der Waals surface area contributed by atoms with E-state index in [2.05, 4.69) is 72.2 Å². The molecule has 0 aromatic rings. The fraction of sp³-hybridized carbons (Fsp3) is 0.565. The second-order valence-electron chi connectivity index (χ2n) is 6.95. The third kappa shape index (κ3) is 16.5. The van der Waals surface area contributed by atoms with Gasteiger partial charge in [-0.3, -0.25) is 4.52 Å². The van der Waals surface area contributed by atoms with E-state index in [0.717, 1.165) is 51.4 Å². The SMILES string of the molecule is CC/C=C\C/C=C\C/C=C\C/C=C\C/C=C\CCCC1OCC(COP(=O)(O)O)O1. The number of ether oxygens (including phenoxy) is 2. The van der Waals surface area contributed by atoms with Crippen molar-refractivity contribution in [3.8, 4) is 0 Å². The Morgan fingerprint density at radius 1 is 0.900 bits per heavy atom. The number of phosphoric acid groups is 1. The molecule has 170 valence electrons. The lowest BCUT2D eigenvalue weighted by Gasteiger charge is -2.11. The predicted molar refractivity (Wildman–Crippen MR) is 121 cm³/mol. The standard InChI is InChI=1S/C23H37O6P/c1-2-3-4-5-6-7-8-9-10-11-12-13-14-15-16-17-18-19-23-27-20-22(29-23)21-28-30(24,25)26/h3-4,6-7,9-10,12-13,15-16,22-23H,2,5,8,11,14,17-21H2,1H3,(H2,24,25,26)/b4-3-,7-6-,10-9-,13-12-,16-15-. The summed E-state index contributed by atoms with van der Waals surface area (Å²) in [6, 6.07) is 0. The molecule has 2 atom stereocenters. The third-order valence-corrected chi connectivity index (χ3v) is 4.69. The lowest BCUT2D eigenvalue weighted by molar-refractivity contribution is -0.0694. The second kappa shape index (κ2) is 17.4. The van der Waals surface area contributed by atoms with Gasteiger partial charge in [0.05, 0.1) is 13.2 Å². The molecule has 0 aromatic carbocycles. The van der Waals surface area contributed by atoms with Crippen LogP contribution in [0.25, 0.3) is 0 Å². The van der Waals surface area contributed by atoms with Gasteiger partial charge in [0, 0.05) is 0 Å². The summed E-state index contributed by atoms with van der Waals surface area (Å²) >= 11 is 0. The molecule has 0 amide bonds. The van der Waals surface area contributed by atoms with Crippen LogP contribution in [0.5, 0.6) is 0 Å². The topological polar surface area (TPSA) is 85.2 Å². The van der Waals surface area contributed by atoms with Gasteiger partial charge in [0.15, 0.2) is 6.29 Å². The largest absolute Gasteiger partial charge is 0.469 e. The van der Waals surface area contributed by atoms with E-state index in [0.29, 0.717) is 6.61 Å². The first-order valence-corrected chi connectivity index (χ1v) is 12.3. The Balaban J connectivity index is 1.96. The first kappa shape index (κ1) is 26.8. The maximum Gasteiger partial charge on any atom is 0.469 e. The lowest BCUT2D eigenvalue weighted by atomic mass is 10.2. The highest BCUT2D eigenvalue weighted by Crippen LogP contribution is 2.36. The molecule has 1 fully saturated rings. The summed E-state index contributed by atoms with van der Waals surface area (Å²) in [7, 11) is -4.45. The summed E-state index contributed by atoms with van der Waals surface area (Å²) in [6.07, 6.45) is 28.7. The summed E-state index contributed by atoms with van der Waals surface area (Å²) in [5.41, 5.74) is 0. The van der Waals surface area contributed by atoms with Gasteiger partial charge in [0.2, 0.25) is 0 Å². The molecule has 6 nitrogen and oxygen atoms in total. The number of unbranched alkanes of at least 4 members (excludes halogenated alkanes) is 1. The molecule has 1 rings (SSSR count). The van der Waals surface area contributed by atoms with Crippen LogP contribution in [0.15, 0.2) is 60.8 Å². The van der Waals surface area contributed by atoms with Gasteiger partial charge in [-0.2, -0.15) is 0 Å². The van der Waals surface area contributed by atoms with E-state index in [1.165, 1.54) is 0 Å². The number of hydrogen-bond donors (Lipinski definition) is 2. The van der Waals surface area contributed by atoms with Crippen molar-refractivity contribution in [2.45, 2.75) is 70.7 Å². The van der Waals surface area contributed by atoms with Crippen molar-refractivity contribution in [2.24, 2.45) is 0 Å². The summed E-state index contributed by atoms with van der Waals surface area (Å²) < 4.78 is 26.1. The van der Waals surface area contributed by atoms with Crippen molar-refractivity contribution in [1.29, 1.82) is 0 Å². The Bertz CT molecular complexity index is 617. The van der Waals surface area contributed by atoms with E-state index in [4.69, 9.17) is 19.3 Å². The minimum atomic E-state index is -4.45. The van der Waals surface area contributed by atoms with E-state index in [9.17, 15) is 4.57 Å². The lowest BCUT2D eigenvalue weighted by Crippen LogP contribution is -2.18. The second-order valence-corrected chi connectivity index (χ2v) is 8.19. The average Bonchev–Trinajstić information content (AvgIpc) is 3.16. The van der Waals surface area contributed by atoms with Crippen LogP contribution in [0, 0.1) is 0 Å². The first-order valence-electron chi connectivity index (χ1n) is 10.7. The predicted octanol–water partition coefficient (Wildman–Crippen LogP) is 5.76. The molecular formula is C23H37O6P. The van der Waals surface area contributed by atoms with Crippen LogP contribution in [0.1, 0.15) is 58.3 Å². The number of hydrogen-bond acceptors (Lipinski definition) is 4. The molecule has 7 heteroatoms. The Morgan fingerprint density at radius 3 is 1.97 bits per heavy atom. The quantitative estimate of drug-likeness (QED) is 0.180. The van der Waals surface area contributed by atoms with E-state index < -0.39 is 13.9 Å². The highest BCUT2D eigenvalue weighted by molar-refractivity contribution is 7.46. The molecule has 0 spiro atoms. The van der Waals surface area contributed by atoms with Crippen LogP contribution in [-0.4, -0.2) is 35.4 Å². The average molecular weight is 441 g/mol. The molecule has 1 aliphatic heterocycles. The van der Waals surface area contributed by atoms with Gasteiger partial charge in [-0.05, 0) is 51.4 Å². The van der Waals surface area contributed by atoms with Crippen molar-refractivity contribution in [3.63, 3.8) is 0 Å². The summed E-state index contributed by atoms with van der Waals surface area (Å²) in [4.78, 5) is 17.4. The molecule has 1 aliphatic rings. The fourth-order valence-corrected chi connectivity index (χ4v) is 3.06. The van der Waals surface area contributed by atoms with Gasteiger partial charge < -0.3 is 19.3 Å². The highest BCUT2D eigenvalue weighted by atomic mass is 31.2. The third-order valence-electron chi connectivity index (χ3n) is 4.21. The molecule has 0 bridgehead atoms. The van der Waals surface area contributed by atoms with Gasteiger partial charge in [-0.15, -0.1) is 0 Å². The van der Waals surface area contributed by atoms with Crippen LogP contribution in [0.4, 0.5) is 0 Å². The molecule has 0 aliphatic carbocycles. The molecule has 0 aromatic heterocycles. The molecule has 0 radical (unpaired) electrons. The van der Waals surface area contributed by atoms with Gasteiger partial charge in [-0.25, -0.2) is 4.57 Å². The van der Waals surface area contributed by atoms with Crippen LogP contribution >= 0.6 is 7.82 Å². The van der Waals surface area contributed by atoms with Crippen LogP contribution < -0.4 is 0 Å². The zero-order valence-corrected chi connectivity index (χ0v) is 18.9. The molecule has 0 saturated carbocycles. The van der Waals surface area contributed by atoms with E-state index in [-0.39, 0.29) is 12.9 Å². The molecule has 30 heavy (non-hydrogen) atoms. The van der Waals surface area contributed by atoms with Crippen LogP contribution in [0.2, 0.25) is 0 Å². The molecule has 2 N–H and O–H groups in total. The van der Waals surface area contributed by atoms with Gasteiger partial charge in [-0.1, -0.05) is 67.7 Å². The smallest absolute Gasteiger partial charge is 0.350 e. The normalized spacial score (nSPS) is 20.9. The fourth-order valence-electron chi connectivity index (χ4n) is 2.70. The molecular weight excluding hydrogens is 403 g/mol. The number of allylic oxidation sites excluding steroid dienone is 10. The van der Waals surface area contributed by atoms with E-state index in [1.54, 1.807) is 0 Å². The summed E-state index contributed by atoms with van der Waals surface area (Å²) in [5.74, 6) is 0. The van der Waals surface area contributed by atoms with Gasteiger partial charge in [0.1, 0.15) is 6.10 Å². The zero-order valence-electron chi connectivity index (χ0n) is 18.0. The zero-order chi connectivity index (χ0) is 21.9. The minimum absolute atomic E-state index is 0.157. The summed E-state index contributed by atoms with van der Waals surface area (Å²) in [5, 5.41) is 0. The van der Waals surface area contributed by atoms with Crippen LogP contribution in [-0.2, 0) is 18.6 Å². The number of rotatable bonds is 16. The van der Waals surface area contributed by atoms with Crippen molar-refractivity contribution in [2.75, 3.05) is 13.2 Å². The van der Waals surface area contributed by atoms with Crippen molar-refractivity contribution in [3.05, 3.63) is 60.8 Å². The monoisotopic (exact) mass is 440 g/mol. The van der Waals surface area contributed by atoms with Gasteiger partial charge in [0.25, 0.3) is 0 Å². The molecule has 2 unspecified atom stereocenters. The first-order chi connectivity index (χ1) is 14.5. The number of phosphoric ester groups is 1. The summed E-state index contributed by atoms with van der Waals surface area (Å²) in [6.45, 7) is 2.28. The Morgan fingerprint density at radius 2 is 1.43 bits per heavy atom. The Kier molecular flexibility index (Phi) is 15.5. The molecule has 1 heterocycles. The van der Waals surface area contributed by atoms with Crippen molar-refractivity contribution >= 4 is 7.82 Å². The maximum absolute atomic E-state index is 10.7. The van der Waals surface area contributed by atoms with Crippen molar-refractivity contribution < 1.29 is 28.3 Å². The van der Waals surface area contributed by atoms with Crippen molar-refractivity contribution in [1.82, 2.24) is 0 Å². The maximum atomic E-state index is 10.7. The molecule has 1 saturated heterocycles.